The normalized spacial score (nSPS) is 13.4. The van der Waals surface area contributed by atoms with E-state index in [0.717, 1.165) is 18.5 Å². The monoisotopic (exact) mass is 266 g/mol. The van der Waals surface area contributed by atoms with Gasteiger partial charge in [-0.15, -0.1) is 0 Å². The fourth-order valence-corrected chi connectivity index (χ4v) is 1.97. The average molecular weight is 266 g/mol. The molecule has 2 heterocycles. The standard InChI is InChI=1S/C12H18N4O3/c1-8-10(11(18)14-5-4-9(17)13-2)15-16-6-3-7-19-12(8)16/h3-7H2,1-2H3,(H,13,17)(H,14,18). The summed E-state index contributed by atoms with van der Waals surface area (Å²) >= 11 is 0. The van der Waals surface area contributed by atoms with Crippen LogP contribution >= 0.6 is 0 Å². The molecule has 0 fully saturated rings. The van der Waals surface area contributed by atoms with E-state index >= 15 is 0 Å². The van der Waals surface area contributed by atoms with E-state index in [1.807, 2.05) is 6.92 Å². The van der Waals surface area contributed by atoms with Crippen LogP contribution in [-0.4, -0.2) is 41.8 Å². The van der Waals surface area contributed by atoms with Crippen LogP contribution in [0.5, 0.6) is 5.88 Å². The second kappa shape index (κ2) is 5.73. The van der Waals surface area contributed by atoms with Crippen molar-refractivity contribution in [2.75, 3.05) is 20.2 Å². The molecule has 0 radical (unpaired) electrons. The van der Waals surface area contributed by atoms with E-state index in [0.29, 0.717) is 24.7 Å². The van der Waals surface area contributed by atoms with Crippen molar-refractivity contribution in [3.05, 3.63) is 11.3 Å². The molecular weight excluding hydrogens is 248 g/mol. The highest BCUT2D eigenvalue weighted by molar-refractivity contribution is 5.94. The van der Waals surface area contributed by atoms with Crippen molar-refractivity contribution in [1.82, 2.24) is 20.4 Å². The zero-order chi connectivity index (χ0) is 13.8. The molecule has 0 spiro atoms. The highest BCUT2D eigenvalue weighted by atomic mass is 16.5. The average Bonchev–Trinajstić information content (AvgIpc) is 2.76. The van der Waals surface area contributed by atoms with E-state index < -0.39 is 0 Å². The Labute approximate surface area is 111 Å². The fourth-order valence-electron chi connectivity index (χ4n) is 1.97. The van der Waals surface area contributed by atoms with Gasteiger partial charge in [0.05, 0.1) is 6.61 Å². The highest BCUT2D eigenvalue weighted by Gasteiger charge is 2.22. The molecule has 7 heteroatoms. The molecule has 0 atom stereocenters. The highest BCUT2D eigenvalue weighted by Crippen LogP contribution is 2.24. The number of aryl methyl sites for hydroxylation is 1. The van der Waals surface area contributed by atoms with E-state index in [2.05, 4.69) is 15.7 Å². The Morgan fingerprint density at radius 3 is 2.95 bits per heavy atom. The predicted octanol–water partition coefficient (Wildman–Crippen LogP) is -0.160. The van der Waals surface area contributed by atoms with Crippen LogP contribution in [0.15, 0.2) is 0 Å². The van der Waals surface area contributed by atoms with E-state index in [1.165, 1.54) is 0 Å². The van der Waals surface area contributed by atoms with Gasteiger partial charge in [0, 0.05) is 38.5 Å². The van der Waals surface area contributed by atoms with Crippen LogP contribution in [0.1, 0.15) is 28.9 Å². The SMILES string of the molecule is CNC(=O)CCNC(=O)c1nn2c(c1C)OCCC2. The molecule has 104 valence electrons. The van der Waals surface area contributed by atoms with E-state index in [9.17, 15) is 9.59 Å². The molecule has 2 rings (SSSR count). The summed E-state index contributed by atoms with van der Waals surface area (Å²) in [6.07, 6.45) is 1.15. The molecule has 1 aliphatic rings. The molecule has 0 saturated carbocycles. The van der Waals surface area contributed by atoms with Crippen molar-refractivity contribution < 1.29 is 14.3 Å². The molecule has 0 aliphatic carbocycles. The summed E-state index contributed by atoms with van der Waals surface area (Å²) in [5.41, 5.74) is 1.12. The summed E-state index contributed by atoms with van der Waals surface area (Å²) < 4.78 is 7.22. The first-order valence-electron chi connectivity index (χ1n) is 6.32. The Bertz CT molecular complexity index is 495. The van der Waals surface area contributed by atoms with Crippen molar-refractivity contribution in [3.8, 4) is 5.88 Å². The molecule has 1 aromatic rings. The molecule has 2 N–H and O–H groups in total. The molecule has 7 nitrogen and oxygen atoms in total. The third kappa shape index (κ3) is 2.86. The first-order valence-corrected chi connectivity index (χ1v) is 6.32. The lowest BCUT2D eigenvalue weighted by molar-refractivity contribution is -0.120. The van der Waals surface area contributed by atoms with Gasteiger partial charge in [-0.25, -0.2) is 4.68 Å². The quantitative estimate of drug-likeness (QED) is 0.793. The lowest BCUT2D eigenvalue weighted by Crippen LogP contribution is -2.29. The number of ether oxygens (including phenoxy) is 1. The number of fused-ring (bicyclic) bond motifs is 1. The van der Waals surface area contributed by atoms with E-state index in [-0.39, 0.29) is 18.2 Å². The molecule has 0 aromatic carbocycles. The summed E-state index contributed by atoms with van der Waals surface area (Å²) in [5.74, 6) is 0.291. The number of carbonyl (C=O) groups excluding carboxylic acids is 2. The van der Waals surface area contributed by atoms with Crippen LogP contribution in [0.2, 0.25) is 0 Å². The fraction of sp³-hybridized carbons (Fsp3) is 0.583. The van der Waals surface area contributed by atoms with Gasteiger partial charge in [0.2, 0.25) is 11.8 Å². The van der Waals surface area contributed by atoms with Gasteiger partial charge in [0.1, 0.15) is 0 Å². The van der Waals surface area contributed by atoms with E-state index in [1.54, 1.807) is 11.7 Å². The Balaban J connectivity index is 1.99. The van der Waals surface area contributed by atoms with Crippen LogP contribution in [0, 0.1) is 6.92 Å². The molecule has 0 unspecified atom stereocenters. The summed E-state index contributed by atoms with van der Waals surface area (Å²) in [5, 5.41) is 9.43. The minimum Gasteiger partial charge on any atom is -0.478 e. The van der Waals surface area contributed by atoms with Crippen LogP contribution in [0.25, 0.3) is 0 Å². The Kier molecular flexibility index (Phi) is 4.03. The third-order valence-corrected chi connectivity index (χ3v) is 3.02. The number of nitrogens with zero attached hydrogens (tertiary/aromatic N) is 2. The molecule has 2 amide bonds. The zero-order valence-corrected chi connectivity index (χ0v) is 11.2. The number of hydrogen-bond acceptors (Lipinski definition) is 4. The number of hydrogen-bond donors (Lipinski definition) is 2. The van der Waals surface area contributed by atoms with Crippen LogP contribution in [0.3, 0.4) is 0 Å². The number of nitrogens with one attached hydrogen (secondary N) is 2. The third-order valence-electron chi connectivity index (χ3n) is 3.02. The minimum absolute atomic E-state index is 0.107. The van der Waals surface area contributed by atoms with Gasteiger partial charge in [-0.1, -0.05) is 0 Å². The summed E-state index contributed by atoms with van der Waals surface area (Å²) in [6.45, 7) is 3.53. The first kappa shape index (κ1) is 13.4. The first-order chi connectivity index (χ1) is 9.13. The Hall–Kier alpha value is -2.05. The molecule has 1 aliphatic heterocycles. The number of amides is 2. The predicted molar refractivity (Wildman–Crippen MR) is 68.1 cm³/mol. The van der Waals surface area contributed by atoms with Gasteiger partial charge in [-0.3, -0.25) is 9.59 Å². The molecule has 0 bridgehead atoms. The van der Waals surface area contributed by atoms with Crippen molar-refractivity contribution in [2.24, 2.45) is 0 Å². The van der Waals surface area contributed by atoms with Gasteiger partial charge in [0.15, 0.2) is 5.69 Å². The maximum Gasteiger partial charge on any atom is 0.272 e. The van der Waals surface area contributed by atoms with Crippen molar-refractivity contribution in [3.63, 3.8) is 0 Å². The van der Waals surface area contributed by atoms with Crippen LogP contribution < -0.4 is 15.4 Å². The van der Waals surface area contributed by atoms with Gasteiger partial charge < -0.3 is 15.4 Å². The smallest absolute Gasteiger partial charge is 0.272 e. The van der Waals surface area contributed by atoms with Crippen LogP contribution in [0.4, 0.5) is 0 Å². The van der Waals surface area contributed by atoms with Crippen LogP contribution in [-0.2, 0) is 11.3 Å². The molecule has 0 saturated heterocycles. The van der Waals surface area contributed by atoms with Gasteiger partial charge in [-0.2, -0.15) is 5.10 Å². The second-order valence-electron chi connectivity index (χ2n) is 4.38. The minimum atomic E-state index is -0.271. The van der Waals surface area contributed by atoms with Crippen molar-refractivity contribution in [1.29, 1.82) is 0 Å². The number of aromatic nitrogens is 2. The molecule has 1 aromatic heterocycles. The lowest BCUT2D eigenvalue weighted by Gasteiger charge is -2.14. The summed E-state index contributed by atoms with van der Waals surface area (Å²) in [4.78, 5) is 23.0. The van der Waals surface area contributed by atoms with Gasteiger partial charge in [-0.05, 0) is 6.92 Å². The lowest BCUT2D eigenvalue weighted by atomic mass is 10.2. The Morgan fingerprint density at radius 1 is 1.47 bits per heavy atom. The maximum atomic E-state index is 12.0. The zero-order valence-electron chi connectivity index (χ0n) is 11.2. The second-order valence-corrected chi connectivity index (χ2v) is 4.38. The maximum absolute atomic E-state index is 12.0. The summed E-state index contributed by atoms with van der Waals surface area (Å²) in [6, 6.07) is 0. The molecule has 19 heavy (non-hydrogen) atoms. The molecular formula is C12H18N4O3. The van der Waals surface area contributed by atoms with Gasteiger partial charge >= 0.3 is 0 Å². The van der Waals surface area contributed by atoms with E-state index in [4.69, 9.17) is 4.74 Å². The Morgan fingerprint density at radius 2 is 2.26 bits per heavy atom. The van der Waals surface area contributed by atoms with Crippen molar-refractivity contribution in [2.45, 2.75) is 26.3 Å². The largest absolute Gasteiger partial charge is 0.478 e. The number of carbonyl (C=O) groups is 2. The number of rotatable bonds is 4. The van der Waals surface area contributed by atoms with Crippen molar-refractivity contribution >= 4 is 11.8 Å². The van der Waals surface area contributed by atoms with Gasteiger partial charge in [0.25, 0.3) is 5.91 Å². The topological polar surface area (TPSA) is 85.3 Å². The summed E-state index contributed by atoms with van der Waals surface area (Å²) in [7, 11) is 1.56.